The third-order valence-electron chi connectivity index (χ3n) is 5.62. The monoisotopic (exact) mass is 590 g/mol. The first-order chi connectivity index (χ1) is 18.2. The van der Waals surface area contributed by atoms with Gasteiger partial charge in [-0.15, -0.1) is 21.5 Å². The smallest absolute Gasteiger partial charge is 0.341 e. The van der Waals surface area contributed by atoms with Gasteiger partial charge >= 0.3 is 5.97 Å². The number of halogens is 2. The topological polar surface area (TPSA) is 95.3 Å². The summed E-state index contributed by atoms with van der Waals surface area (Å²) in [7, 11) is 3.11. The number of nitrogens with one attached hydrogen (secondary N) is 1. The van der Waals surface area contributed by atoms with E-state index in [0.29, 0.717) is 37.3 Å². The number of rotatable bonds is 9. The minimum atomic E-state index is -0.510. The largest absolute Gasteiger partial charge is 0.484 e. The van der Waals surface area contributed by atoms with E-state index in [0.717, 1.165) is 22.3 Å². The number of amides is 1. The van der Waals surface area contributed by atoms with Crippen molar-refractivity contribution >= 4 is 63.2 Å². The van der Waals surface area contributed by atoms with Crippen LogP contribution in [0.3, 0.4) is 0 Å². The maximum Gasteiger partial charge on any atom is 0.341 e. The Morgan fingerprint density at radius 2 is 1.89 bits per heavy atom. The van der Waals surface area contributed by atoms with Gasteiger partial charge in [-0.3, -0.25) is 4.79 Å². The predicted octanol–water partition coefficient (Wildman–Crippen LogP) is 6.56. The molecule has 0 radical (unpaired) electrons. The van der Waals surface area contributed by atoms with Gasteiger partial charge in [-0.05, 0) is 43.2 Å². The van der Waals surface area contributed by atoms with Crippen molar-refractivity contribution in [2.45, 2.75) is 25.6 Å². The van der Waals surface area contributed by atoms with Gasteiger partial charge < -0.3 is 19.4 Å². The highest BCUT2D eigenvalue weighted by molar-refractivity contribution is 7.99. The molecule has 0 saturated heterocycles. The van der Waals surface area contributed by atoms with Gasteiger partial charge in [0.25, 0.3) is 0 Å². The quantitative estimate of drug-likeness (QED) is 0.174. The average molecular weight is 592 g/mol. The molecule has 2 aromatic carbocycles. The maximum absolute atomic E-state index is 12.8. The predicted molar refractivity (Wildman–Crippen MR) is 152 cm³/mol. The highest BCUT2D eigenvalue weighted by Crippen LogP contribution is 2.38. The van der Waals surface area contributed by atoms with Gasteiger partial charge in [-0.25, -0.2) is 4.79 Å². The van der Waals surface area contributed by atoms with Crippen LogP contribution in [-0.2, 0) is 23.2 Å². The first-order valence-corrected chi connectivity index (χ1v) is 14.0. The lowest BCUT2D eigenvalue weighted by atomic mass is 9.97. The van der Waals surface area contributed by atoms with E-state index < -0.39 is 5.97 Å². The standard InChI is InChI=1S/C26H24Cl2N4O4S2/c1-14-5-6-15(2)17(9-14)18-12-37-24(23(18)25(34)35-4)29-22(33)13-38-26-31-30-21(32(26)3)11-36-20-8-7-16(27)10-19(20)28/h5-10,12H,11,13H2,1-4H3,(H,29,33). The number of methoxy groups -OCH3 is 1. The molecule has 0 aliphatic carbocycles. The SMILES string of the molecule is COC(=O)c1c(-c2cc(C)ccc2C)csc1NC(=O)CSc1nnc(COc2ccc(Cl)cc2Cl)n1C. The van der Waals surface area contributed by atoms with Crippen molar-refractivity contribution in [3.63, 3.8) is 0 Å². The highest BCUT2D eigenvalue weighted by Gasteiger charge is 2.23. The van der Waals surface area contributed by atoms with E-state index in [-0.39, 0.29) is 18.3 Å². The van der Waals surface area contributed by atoms with Crippen LogP contribution >= 0.6 is 46.3 Å². The summed E-state index contributed by atoms with van der Waals surface area (Å²) in [6.07, 6.45) is 0. The second kappa shape index (κ2) is 12.2. The summed E-state index contributed by atoms with van der Waals surface area (Å²) >= 11 is 14.6. The lowest BCUT2D eigenvalue weighted by Crippen LogP contribution is -2.16. The van der Waals surface area contributed by atoms with E-state index in [2.05, 4.69) is 15.5 Å². The van der Waals surface area contributed by atoms with Gasteiger partial charge in [0, 0.05) is 23.0 Å². The van der Waals surface area contributed by atoms with Crippen LogP contribution in [0, 0.1) is 13.8 Å². The van der Waals surface area contributed by atoms with Gasteiger partial charge in [-0.1, -0.05) is 58.7 Å². The molecule has 0 spiro atoms. The molecule has 0 bridgehead atoms. The third-order valence-corrected chi connectivity index (χ3v) is 8.07. The highest BCUT2D eigenvalue weighted by atomic mass is 35.5. The molecule has 2 aromatic heterocycles. The molecule has 0 aliphatic rings. The van der Waals surface area contributed by atoms with Crippen molar-refractivity contribution in [2.75, 3.05) is 18.2 Å². The Labute approximate surface area is 238 Å². The molecule has 0 atom stereocenters. The molecule has 8 nitrogen and oxygen atoms in total. The van der Waals surface area contributed by atoms with Gasteiger partial charge in [-0.2, -0.15) is 0 Å². The number of ether oxygens (including phenoxy) is 2. The van der Waals surface area contributed by atoms with Crippen LogP contribution in [0.15, 0.2) is 46.9 Å². The number of thioether (sulfide) groups is 1. The fourth-order valence-corrected chi connectivity index (χ4v) is 5.76. The summed E-state index contributed by atoms with van der Waals surface area (Å²) in [6, 6.07) is 11.0. The Morgan fingerprint density at radius 1 is 1.11 bits per heavy atom. The summed E-state index contributed by atoms with van der Waals surface area (Å²) < 4.78 is 12.5. The summed E-state index contributed by atoms with van der Waals surface area (Å²) in [6.45, 7) is 4.10. The molecule has 4 rings (SSSR count). The Morgan fingerprint density at radius 3 is 2.63 bits per heavy atom. The molecule has 12 heteroatoms. The van der Waals surface area contributed by atoms with Gasteiger partial charge in [0.2, 0.25) is 5.91 Å². The number of hydrogen-bond donors (Lipinski definition) is 1. The Bertz CT molecular complexity index is 1500. The number of aryl methyl sites for hydroxylation is 2. The average Bonchev–Trinajstić information content (AvgIpc) is 3.46. The zero-order chi connectivity index (χ0) is 27.4. The number of esters is 1. The molecule has 1 N–H and O–H groups in total. The number of aromatic nitrogens is 3. The van der Waals surface area contributed by atoms with Crippen molar-refractivity contribution < 1.29 is 19.1 Å². The van der Waals surface area contributed by atoms with Crippen molar-refractivity contribution in [3.8, 4) is 16.9 Å². The van der Waals surface area contributed by atoms with Gasteiger partial charge in [0.05, 0.1) is 17.9 Å². The van der Waals surface area contributed by atoms with Crippen molar-refractivity contribution in [3.05, 3.63) is 74.3 Å². The Balaban J connectivity index is 1.43. The zero-order valence-electron chi connectivity index (χ0n) is 21.0. The maximum atomic E-state index is 12.8. The number of carbonyl (C=O) groups is 2. The molecule has 0 unspecified atom stereocenters. The minimum Gasteiger partial charge on any atom is -0.484 e. The van der Waals surface area contributed by atoms with E-state index in [1.807, 2.05) is 37.4 Å². The third kappa shape index (κ3) is 6.32. The van der Waals surface area contributed by atoms with E-state index in [9.17, 15) is 9.59 Å². The fraction of sp³-hybridized carbons (Fsp3) is 0.231. The van der Waals surface area contributed by atoms with E-state index in [1.165, 1.54) is 30.2 Å². The van der Waals surface area contributed by atoms with Crippen LogP contribution in [0.5, 0.6) is 5.75 Å². The Kier molecular flexibility index (Phi) is 8.99. The fourth-order valence-electron chi connectivity index (χ4n) is 3.60. The van der Waals surface area contributed by atoms with E-state index in [4.69, 9.17) is 32.7 Å². The number of thiophene rings is 1. The summed E-state index contributed by atoms with van der Waals surface area (Å²) in [5, 5.41) is 14.9. The van der Waals surface area contributed by atoms with E-state index in [1.54, 1.807) is 29.8 Å². The van der Waals surface area contributed by atoms with Crippen LogP contribution in [-0.4, -0.2) is 39.5 Å². The van der Waals surface area contributed by atoms with Crippen LogP contribution < -0.4 is 10.1 Å². The zero-order valence-corrected chi connectivity index (χ0v) is 24.1. The molecular weight excluding hydrogens is 567 g/mol. The minimum absolute atomic E-state index is 0.0627. The molecule has 0 fully saturated rings. The first-order valence-electron chi connectivity index (χ1n) is 11.3. The van der Waals surface area contributed by atoms with Crippen LogP contribution in [0.1, 0.15) is 27.3 Å². The normalized spacial score (nSPS) is 10.9. The second-order valence-electron chi connectivity index (χ2n) is 8.32. The van der Waals surface area contributed by atoms with Crippen molar-refractivity contribution in [1.82, 2.24) is 14.8 Å². The first kappa shape index (κ1) is 28.0. The second-order valence-corrected chi connectivity index (χ2v) is 11.0. The number of hydrogen-bond acceptors (Lipinski definition) is 8. The van der Waals surface area contributed by atoms with Crippen molar-refractivity contribution in [2.24, 2.45) is 7.05 Å². The summed E-state index contributed by atoms with van der Waals surface area (Å²) in [4.78, 5) is 25.5. The molecule has 1 amide bonds. The number of anilines is 1. The Hall–Kier alpha value is -3.05. The van der Waals surface area contributed by atoms with Gasteiger partial charge in [0.15, 0.2) is 11.0 Å². The lowest BCUT2D eigenvalue weighted by Gasteiger charge is -2.10. The molecule has 4 aromatic rings. The summed E-state index contributed by atoms with van der Waals surface area (Å²) in [5.41, 5.74) is 4.07. The molecule has 2 heterocycles. The molecular formula is C26H24Cl2N4O4S2. The molecule has 198 valence electrons. The van der Waals surface area contributed by atoms with E-state index >= 15 is 0 Å². The lowest BCUT2D eigenvalue weighted by molar-refractivity contribution is -0.113. The summed E-state index contributed by atoms with van der Waals surface area (Å²) in [5.74, 6) is 0.299. The van der Waals surface area contributed by atoms with Crippen LogP contribution in [0.25, 0.3) is 11.1 Å². The molecule has 0 saturated carbocycles. The number of nitrogens with zero attached hydrogens (tertiary/aromatic N) is 3. The van der Waals surface area contributed by atoms with Crippen molar-refractivity contribution in [1.29, 1.82) is 0 Å². The van der Waals surface area contributed by atoms with Crippen LogP contribution in [0.2, 0.25) is 10.0 Å². The molecule has 38 heavy (non-hydrogen) atoms. The molecule has 0 aliphatic heterocycles. The van der Waals surface area contributed by atoms with Crippen LogP contribution in [0.4, 0.5) is 5.00 Å². The number of benzene rings is 2. The van der Waals surface area contributed by atoms with Gasteiger partial charge in [0.1, 0.15) is 22.9 Å². The number of carbonyl (C=O) groups excluding carboxylic acids is 2.